The van der Waals surface area contributed by atoms with Gasteiger partial charge in [0.1, 0.15) is 12.1 Å². The molecule has 0 aliphatic heterocycles. The van der Waals surface area contributed by atoms with Gasteiger partial charge in [-0.1, -0.05) is 11.6 Å². The van der Waals surface area contributed by atoms with Gasteiger partial charge in [0, 0.05) is 5.02 Å². The fraction of sp³-hybridized carbons (Fsp3) is 0.100. The molecule has 6 nitrogen and oxygen atoms in total. The van der Waals surface area contributed by atoms with Crippen LogP contribution in [-0.4, -0.2) is 28.2 Å². The summed E-state index contributed by atoms with van der Waals surface area (Å²) in [6, 6.07) is 4.75. The molecule has 1 heterocycles. The lowest BCUT2D eigenvalue weighted by atomic mass is 10.2. The van der Waals surface area contributed by atoms with Crippen LogP contribution < -0.4 is 10.1 Å². The number of rotatable bonds is 3. The van der Waals surface area contributed by atoms with Gasteiger partial charge in [-0.15, -0.1) is 0 Å². The maximum Gasteiger partial charge on any atom is 0.261 e. The van der Waals surface area contributed by atoms with Crippen molar-refractivity contribution in [2.24, 2.45) is 0 Å². The topological polar surface area (TPSA) is 79.9 Å². The third-order valence-electron chi connectivity index (χ3n) is 2.06. The van der Waals surface area contributed by atoms with E-state index >= 15 is 0 Å². The number of nitrogens with zero attached hydrogens (tertiary/aromatic N) is 2. The maximum absolute atomic E-state index is 11.9. The van der Waals surface area contributed by atoms with E-state index in [-0.39, 0.29) is 11.9 Å². The summed E-state index contributed by atoms with van der Waals surface area (Å²) in [5.74, 6) is 0.316. The smallest absolute Gasteiger partial charge is 0.261 e. The van der Waals surface area contributed by atoms with Crippen molar-refractivity contribution in [3.8, 4) is 5.75 Å². The zero-order valence-corrected chi connectivity index (χ0v) is 9.65. The average molecular weight is 253 g/mol. The molecule has 17 heavy (non-hydrogen) atoms. The first-order valence-electron chi connectivity index (χ1n) is 4.71. The van der Waals surface area contributed by atoms with Crippen LogP contribution in [0.1, 0.15) is 10.4 Å². The minimum Gasteiger partial charge on any atom is -0.496 e. The Morgan fingerprint density at radius 3 is 3.00 bits per heavy atom. The fourth-order valence-electron chi connectivity index (χ4n) is 1.29. The Hall–Kier alpha value is -2.08. The molecule has 0 bridgehead atoms. The molecule has 0 unspecified atom stereocenters. The van der Waals surface area contributed by atoms with Gasteiger partial charge in [-0.3, -0.25) is 10.1 Å². The molecule has 2 N–H and O–H groups in total. The van der Waals surface area contributed by atoms with Gasteiger partial charge < -0.3 is 4.74 Å². The molecule has 0 spiro atoms. The molecule has 2 rings (SSSR count). The molecule has 88 valence electrons. The minimum absolute atomic E-state index is 0.270. The van der Waals surface area contributed by atoms with Gasteiger partial charge in [0.15, 0.2) is 0 Å². The number of H-pyrrole nitrogens is 1. The molecule has 0 atom stereocenters. The van der Waals surface area contributed by atoms with E-state index in [2.05, 4.69) is 20.5 Å². The third-order valence-corrected chi connectivity index (χ3v) is 2.29. The monoisotopic (exact) mass is 252 g/mol. The summed E-state index contributed by atoms with van der Waals surface area (Å²) in [4.78, 5) is 15.7. The predicted molar refractivity (Wildman–Crippen MR) is 62.3 cm³/mol. The van der Waals surface area contributed by atoms with Crippen LogP contribution in [0.4, 0.5) is 5.95 Å². The number of hydrogen-bond donors (Lipinski definition) is 2. The van der Waals surface area contributed by atoms with E-state index in [0.717, 1.165) is 0 Å². The van der Waals surface area contributed by atoms with Crippen LogP contribution in [0.3, 0.4) is 0 Å². The van der Waals surface area contributed by atoms with Crippen LogP contribution in [0.5, 0.6) is 5.75 Å². The van der Waals surface area contributed by atoms with Crippen molar-refractivity contribution in [3.63, 3.8) is 0 Å². The van der Waals surface area contributed by atoms with Gasteiger partial charge in [-0.2, -0.15) is 10.1 Å². The molecule has 2 aromatic rings. The quantitative estimate of drug-likeness (QED) is 0.872. The number of halogens is 1. The van der Waals surface area contributed by atoms with Crippen LogP contribution in [0, 0.1) is 0 Å². The number of carbonyl (C=O) groups is 1. The number of benzene rings is 1. The van der Waals surface area contributed by atoms with E-state index in [0.29, 0.717) is 16.3 Å². The standard InChI is InChI=1S/C10H9ClN4O2/c1-17-8-4-6(11)2-3-7(8)9(16)14-10-12-5-13-15-10/h2-5H,1H3,(H2,12,13,14,15,16). The summed E-state index contributed by atoms with van der Waals surface area (Å²) >= 11 is 5.80. The Balaban J connectivity index is 2.24. The molecule has 0 saturated heterocycles. The largest absolute Gasteiger partial charge is 0.496 e. The number of anilines is 1. The minimum atomic E-state index is -0.352. The molecule has 0 saturated carbocycles. The van der Waals surface area contributed by atoms with Crippen LogP contribution in [0.15, 0.2) is 24.5 Å². The van der Waals surface area contributed by atoms with E-state index in [1.807, 2.05) is 0 Å². The first kappa shape index (κ1) is 11.4. The molecule has 0 fully saturated rings. The van der Waals surface area contributed by atoms with Crippen molar-refractivity contribution < 1.29 is 9.53 Å². The number of methoxy groups -OCH3 is 1. The average Bonchev–Trinajstić information content (AvgIpc) is 2.81. The number of nitrogens with one attached hydrogen (secondary N) is 2. The highest BCUT2D eigenvalue weighted by atomic mass is 35.5. The molecule has 1 aromatic carbocycles. The lowest BCUT2D eigenvalue weighted by Crippen LogP contribution is -2.14. The van der Waals surface area contributed by atoms with Gasteiger partial charge in [-0.05, 0) is 18.2 Å². The number of hydrogen-bond acceptors (Lipinski definition) is 4. The summed E-state index contributed by atoms with van der Waals surface area (Å²) in [6.45, 7) is 0. The van der Waals surface area contributed by atoms with E-state index in [1.165, 1.54) is 13.4 Å². The molecule has 7 heteroatoms. The van der Waals surface area contributed by atoms with Crippen LogP contribution in [-0.2, 0) is 0 Å². The van der Waals surface area contributed by atoms with Gasteiger partial charge >= 0.3 is 0 Å². The van der Waals surface area contributed by atoms with Crippen LogP contribution >= 0.6 is 11.6 Å². The maximum atomic E-state index is 11.9. The van der Waals surface area contributed by atoms with Gasteiger partial charge in [0.05, 0.1) is 12.7 Å². The van der Waals surface area contributed by atoms with Crippen LogP contribution in [0.2, 0.25) is 5.02 Å². The first-order chi connectivity index (χ1) is 8.20. The number of ether oxygens (including phenoxy) is 1. The summed E-state index contributed by atoms with van der Waals surface area (Å²) in [7, 11) is 1.47. The number of carbonyl (C=O) groups excluding carboxylic acids is 1. The van der Waals surface area contributed by atoms with E-state index < -0.39 is 0 Å². The van der Waals surface area contributed by atoms with E-state index in [1.54, 1.807) is 18.2 Å². The van der Waals surface area contributed by atoms with Gasteiger partial charge in [0.2, 0.25) is 5.95 Å². The zero-order valence-electron chi connectivity index (χ0n) is 8.90. The summed E-state index contributed by atoms with van der Waals surface area (Å²) in [5.41, 5.74) is 0.369. The number of aromatic amines is 1. The van der Waals surface area contributed by atoms with Crippen molar-refractivity contribution in [1.82, 2.24) is 15.2 Å². The molecule has 1 aromatic heterocycles. The molecule has 1 amide bonds. The molecule has 0 aliphatic carbocycles. The Labute approximate surface area is 102 Å². The zero-order chi connectivity index (χ0) is 12.3. The Morgan fingerprint density at radius 2 is 2.35 bits per heavy atom. The highest BCUT2D eigenvalue weighted by molar-refractivity contribution is 6.31. The van der Waals surface area contributed by atoms with E-state index in [9.17, 15) is 4.79 Å². The van der Waals surface area contributed by atoms with Crippen molar-refractivity contribution >= 4 is 23.5 Å². The van der Waals surface area contributed by atoms with Crippen LogP contribution in [0.25, 0.3) is 0 Å². The summed E-state index contributed by atoms with van der Waals surface area (Å²) in [6.07, 6.45) is 1.30. The predicted octanol–water partition coefficient (Wildman–Crippen LogP) is 1.72. The highest BCUT2D eigenvalue weighted by Gasteiger charge is 2.13. The lowest BCUT2D eigenvalue weighted by Gasteiger charge is -2.07. The molecular formula is C10H9ClN4O2. The first-order valence-corrected chi connectivity index (χ1v) is 5.09. The second kappa shape index (κ2) is 4.84. The Kier molecular flexibility index (Phi) is 3.24. The van der Waals surface area contributed by atoms with Crippen molar-refractivity contribution in [1.29, 1.82) is 0 Å². The second-order valence-corrected chi connectivity index (χ2v) is 3.57. The third kappa shape index (κ3) is 2.54. The fourth-order valence-corrected chi connectivity index (χ4v) is 1.46. The number of aromatic nitrogens is 3. The lowest BCUT2D eigenvalue weighted by molar-refractivity contribution is 0.102. The summed E-state index contributed by atoms with van der Waals surface area (Å²) in [5, 5.41) is 9.19. The van der Waals surface area contributed by atoms with Crippen molar-refractivity contribution in [2.75, 3.05) is 12.4 Å². The van der Waals surface area contributed by atoms with E-state index in [4.69, 9.17) is 16.3 Å². The van der Waals surface area contributed by atoms with Crippen molar-refractivity contribution in [2.45, 2.75) is 0 Å². The van der Waals surface area contributed by atoms with Crippen molar-refractivity contribution in [3.05, 3.63) is 35.1 Å². The highest BCUT2D eigenvalue weighted by Crippen LogP contribution is 2.23. The molecular weight excluding hydrogens is 244 g/mol. The molecule has 0 aliphatic rings. The summed E-state index contributed by atoms with van der Waals surface area (Å²) < 4.78 is 5.07. The normalized spacial score (nSPS) is 10.0. The van der Waals surface area contributed by atoms with Gasteiger partial charge in [-0.25, -0.2) is 5.10 Å². The SMILES string of the molecule is COc1cc(Cl)ccc1C(=O)Nc1ncn[nH]1. The Morgan fingerprint density at radius 1 is 1.53 bits per heavy atom. The molecule has 0 radical (unpaired) electrons. The Bertz CT molecular complexity index is 527. The number of amides is 1. The second-order valence-electron chi connectivity index (χ2n) is 3.13. The van der Waals surface area contributed by atoms with Gasteiger partial charge in [0.25, 0.3) is 5.91 Å².